The van der Waals surface area contributed by atoms with Crippen molar-refractivity contribution in [3.05, 3.63) is 65.5 Å². The second kappa shape index (κ2) is 7.51. The summed E-state index contributed by atoms with van der Waals surface area (Å²) in [5.41, 5.74) is 0.137. The Balaban J connectivity index is 1.65. The zero-order chi connectivity index (χ0) is 21.5. The van der Waals surface area contributed by atoms with E-state index in [4.69, 9.17) is 4.52 Å². The van der Waals surface area contributed by atoms with Gasteiger partial charge in [0.25, 0.3) is 0 Å². The molecule has 0 N–H and O–H groups in total. The Morgan fingerprint density at radius 1 is 1.13 bits per heavy atom. The fourth-order valence-corrected chi connectivity index (χ4v) is 5.26. The molecule has 30 heavy (non-hydrogen) atoms. The Labute approximate surface area is 171 Å². The smallest absolute Gasteiger partial charge is 0.337 e. The van der Waals surface area contributed by atoms with Gasteiger partial charge in [-0.05, 0) is 49.6 Å². The van der Waals surface area contributed by atoms with E-state index in [0.29, 0.717) is 19.4 Å². The van der Waals surface area contributed by atoms with Crippen LogP contribution in [0.15, 0.2) is 57.9 Å². The van der Waals surface area contributed by atoms with E-state index >= 15 is 0 Å². The molecule has 2 heterocycles. The molecule has 4 rings (SSSR count). The average Bonchev–Trinajstić information content (AvgIpc) is 3.37. The van der Waals surface area contributed by atoms with Crippen molar-refractivity contribution in [1.29, 1.82) is 0 Å². The van der Waals surface area contributed by atoms with Gasteiger partial charge >= 0.3 is 6.18 Å². The van der Waals surface area contributed by atoms with E-state index < -0.39 is 27.8 Å². The molecule has 1 atom stereocenters. The molecule has 1 fully saturated rings. The van der Waals surface area contributed by atoms with E-state index in [9.17, 15) is 21.6 Å². The summed E-state index contributed by atoms with van der Waals surface area (Å²) in [7, 11) is -3.78. The van der Waals surface area contributed by atoms with Crippen molar-refractivity contribution in [2.75, 3.05) is 6.54 Å². The lowest BCUT2D eigenvalue weighted by molar-refractivity contribution is -0.137. The van der Waals surface area contributed by atoms with Crippen molar-refractivity contribution < 1.29 is 26.1 Å². The maximum atomic E-state index is 13.1. The van der Waals surface area contributed by atoms with Crippen molar-refractivity contribution in [2.24, 2.45) is 0 Å². The van der Waals surface area contributed by atoms with Gasteiger partial charge in [0.1, 0.15) is 6.04 Å². The predicted octanol–water partition coefficient (Wildman–Crippen LogP) is 4.59. The van der Waals surface area contributed by atoms with E-state index in [0.717, 1.165) is 17.7 Å². The van der Waals surface area contributed by atoms with Crippen LogP contribution in [-0.4, -0.2) is 29.4 Å². The summed E-state index contributed by atoms with van der Waals surface area (Å²) in [6.07, 6.45) is -3.40. The molecule has 1 aromatic heterocycles. The Bertz CT molecular complexity index is 1180. The molecular formula is C20H18F3N3O3S. The first-order valence-electron chi connectivity index (χ1n) is 9.26. The van der Waals surface area contributed by atoms with Crippen LogP contribution in [0.2, 0.25) is 0 Å². The van der Waals surface area contributed by atoms with Crippen LogP contribution in [-0.2, 0) is 16.2 Å². The third-order valence-corrected chi connectivity index (χ3v) is 6.88. The summed E-state index contributed by atoms with van der Waals surface area (Å²) in [6.45, 7) is 2.10. The number of hydrogen-bond acceptors (Lipinski definition) is 5. The van der Waals surface area contributed by atoms with E-state index in [1.807, 2.05) is 0 Å². The van der Waals surface area contributed by atoms with Gasteiger partial charge in [-0.25, -0.2) is 8.42 Å². The second-order valence-corrected chi connectivity index (χ2v) is 9.02. The summed E-state index contributed by atoms with van der Waals surface area (Å²) in [5, 5.41) is 3.78. The van der Waals surface area contributed by atoms with Crippen LogP contribution in [0, 0.1) is 6.92 Å². The highest BCUT2D eigenvalue weighted by molar-refractivity contribution is 7.89. The molecule has 1 aliphatic heterocycles. The fraction of sp³-hybridized carbons (Fsp3) is 0.300. The van der Waals surface area contributed by atoms with Gasteiger partial charge in [-0.1, -0.05) is 29.4 Å². The van der Waals surface area contributed by atoms with Gasteiger partial charge in [0, 0.05) is 12.1 Å². The second-order valence-electron chi connectivity index (χ2n) is 7.13. The molecule has 1 saturated heterocycles. The van der Waals surface area contributed by atoms with Crippen LogP contribution in [0.4, 0.5) is 13.2 Å². The number of alkyl halides is 3. The summed E-state index contributed by atoms with van der Waals surface area (Å²) in [4.78, 5) is 4.38. The largest absolute Gasteiger partial charge is 0.416 e. The third kappa shape index (κ3) is 3.84. The zero-order valence-electron chi connectivity index (χ0n) is 15.9. The molecule has 3 aromatic rings. The molecule has 0 spiro atoms. The quantitative estimate of drug-likeness (QED) is 0.597. The van der Waals surface area contributed by atoms with Gasteiger partial charge in [0.05, 0.1) is 10.5 Å². The first-order chi connectivity index (χ1) is 14.2. The summed E-state index contributed by atoms with van der Waals surface area (Å²) < 4.78 is 71.7. The number of benzene rings is 2. The number of sulfonamides is 1. The summed E-state index contributed by atoms with van der Waals surface area (Å²) in [5.74, 6) is 0.0482. The fourth-order valence-electron chi connectivity index (χ4n) is 3.51. The molecule has 0 amide bonds. The lowest BCUT2D eigenvalue weighted by Crippen LogP contribution is -2.30. The molecule has 0 saturated carbocycles. The van der Waals surface area contributed by atoms with Crippen LogP contribution < -0.4 is 0 Å². The number of aryl methyl sites for hydroxylation is 1. The zero-order valence-corrected chi connectivity index (χ0v) is 16.7. The van der Waals surface area contributed by atoms with E-state index in [2.05, 4.69) is 10.1 Å². The molecular weight excluding hydrogens is 419 g/mol. The van der Waals surface area contributed by atoms with Crippen LogP contribution in [0.5, 0.6) is 0 Å². The monoisotopic (exact) mass is 437 g/mol. The summed E-state index contributed by atoms with van der Waals surface area (Å²) >= 11 is 0. The maximum Gasteiger partial charge on any atom is 0.416 e. The van der Waals surface area contributed by atoms with Gasteiger partial charge in [-0.3, -0.25) is 0 Å². The molecule has 1 aliphatic rings. The molecule has 10 heteroatoms. The van der Waals surface area contributed by atoms with Crippen molar-refractivity contribution in [2.45, 2.75) is 36.9 Å². The molecule has 158 valence electrons. The Morgan fingerprint density at radius 2 is 1.90 bits per heavy atom. The Kier molecular flexibility index (Phi) is 5.15. The third-order valence-electron chi connectivity index (χ3n) is 4.97. The average molecular weight is 437 g/mol. The first kappa shape index (κ1) is 20.5. The van der Waals surface area contributed by atoms with Crippen LogP contribution >= 0.6 is 0 Å². The molecule has 0 aliphatic carbocycles. The number of aromatic nitrogens is 2. The number of hydrogen-bond donors (Lipinski definition) is 0. The maximum absolute atomic E-state index is 13.1. The number of nitrogens with zero attached hydrogens (tertiary/aromatic N) is 3. The van der Waals surface area contributed by atoms with E-state index in [-0.39, 0.29) is 22.2 Å². The van der Waals surface area contributed by atoms with Crippen molar-refractivity contribution in [1.82, 2.24) is 14.4 Å². The van der Waals surface area contributed by atoms with Crippen LogP contribution in [0.3, 0.4) is 0 Å². The van der Waals surface area contributed by atoms with Crippen molar-refractivity contribution >= 4 is 10.0 Å². The van der Waals surface area contributed by atoms with E-state index in [1.54, 1.807) is 25.1 Å². The first-order valence-corrected chi connectivity index (χ1v) is 10.7. The normalized spacial score (nSPS) is 18.1. The van der Waals surface area contributed by atoms with E-state index in [1.165, 1.54) is 22.5 Å². The van der Waals surface area contributed by atoms with Crippen LogP contribution in [0.25, 0.3) is 11.4 Å². The lowest BCUT2D eigenvalue weighted by Gasteiger charge is -2.21. The Morgan fingerprint density at radius 3 is 2.63 bits per heavy atom. The standard InChI is InChI=1S/C20H18F3N3O3S/c1-13-5-2-8-16(11-13)30(27,28)26-10-4-9-17(26)19-24-18(25-29-19)14-6-3-7-15(12-14)20(21,22)23/h2-3,5-8,11-12,17H,4,9-10H2,1H3/t17-/m0/s1. The molecule has 6 nitrogen and oxygen atoms in total. The minimum atomic E-state index is -4.49. The summed E-state index contributed by atoms with van der Waals surface area (Å²) in [6, 6.07) is 10.5. The van der Waals surface area contributed by atoms with Gasteiger partial charge in [-0.15, -0.1) is 0 Å². The van der Waals surface area contributed by atoms with Gasteiger partial charge in [0.15, 0.2) is 0 Å². The molecule has 0 radical (unpaired) electrons. The topological polar surface area (TPSA) is 76.3 Å². The number of halogens is 3. The molecule has 0 unspecified atom stereocenters. The highest BCUT2D eigenvalue weighted by Gasteiger charge is 2.39. The van der Waals surface area contributed by atoms with Crippen molar-refractivity contribution in [3.8, 4) is 11.4 Å². The lowest BCUT2D eigenvalue weighted by atomic mass is 10.1. The highest BCUT2D eigenvalue weighted by atomic mass is 32.2. The van der Waals surface area contributed by atoms with Gasteiger partial charge in [0.2, 0.25) is 21.7 Å². The van der Waals surface area contributed by atoms with Crippen LogP contribution in [0.1, 0.15) is 35.9 Å². The van der Waals surface area contributed by atoms with Crippen molar-refractivity contribution in [3.63, 3.8) is 0 Å². The number of rotatable bonds is 4. The Hall–Kier alpha value is -2.72. The highest BCUT2D eigenvalue weighted by Crippen LogP contribution is 2.37. The minimum absolute atomic E-state index is 0.0177. The predicted molar refractivity (Wildman–Crippen MR) is 102 cm³/mol. The molecule has 0 bridgehead atoms. The van der Waals surface area contributed by atoms with Gasteiger partial charge < -0.3 is 4.52 Å². The SMILES string of the molecule is Cc1cccc(S(=O)(=O)N2CCC[C@H]2c2nc(-c3cccc(C(F)(F)F)c3)no2)c1. The molecule has 2 aromatic carbocycles. The van der Waals surface area contributed by atoms with Gasteiger partial charge in [-0.2, -0.15) is 22.5 Å². The minimum Gasteiger partial charge on any atom is -0.337 e.